The number of methoxy groups -OCH3 is 3. The van der Waals surface area contributed by atoms with Gasteiger partial charge in [0, 0.05) is 12.1 Å². The van der Waals surface area contributed by atoms with E-state index in [4.69, 9.17) is 14.2 Å². The molecule has 0 aromatic heterocycles. The van der Waals surface area contributed by atoms with Gasteiger partial charge in [-0.05, 0) is 12.1 Å². The van der Waals surface area contributed by atoms with Crippen LogP contribution in [-0.4, -0.2) is 29.7 Å². The zero-order chi connectivity index (χ0) is 19.5. The van der Waals surface area contributed by atoms with Crippen molar-refractivity contribution in [2.24, 2.45) is 0 Å². The molecule has 2 rings (SSSR count). The first kappa shape index (κ1) is 19.7. The van der Waals surface area contributed by atoms with Gasteiger partial charge >= 0.3 is 6.18 Å². The van der Waals surface area contributed by atoms with Crippen LogP contribution in [0, 0.1) is 0 Å². The number of ether oxygens (including phenoxy) is 3. The molecule has 2 aromatic carbocycles. The number of sulfonamides is 1. The summed E-state index contributed by atoms with van der Waals surface area (Å²) in [7, 11) is -0.498. The third kappa shape index (κ3) is 3.96. The van der Waals surface area contributed by atoms with Gasteiger partial charge in [-0.1, -0.05) is 12.1 Å². The van der Waals surface area contributed by atoms with E-state index in [9.17, 15) is 21.6 Å². The van der Waals surface area contributed by atoms with Gasteiger partial charge in [0.2, 0.25) is 5.75 Å². The van der Waals surface area contributed by atoms with E-state index in [2.05, 4.69) is 4.72 Å². The van der Waals surface area contributed by atoms with Crippen LogP contribution in [-0.2, 0) is 16.2 Å². The molecule has 0 heterocycles. The Morgan fingerprint density at radius 2 is 1.46 bits per heavy atom. The number of alkyl halides is 3. The molecule has 10 heteroatoms. The third-order valence-electron chi connectivity index (χ3n) is 3.40. The number of hydrogen-bond acceptors (Lipinski definition) is 5. The summed E-state index contributed by atoms with van der Waals surface area (Å²) in [6, 6.07) is 6.44. The monoisotopic (exact) mass is 391 g/mol. The van der Waals surface area contributed by atoms with Crippen LogP contribution in [0.4, 0.5) is 18.9 Å². The van der Waals surface area contributed by atoms with Crippen LogP contribution in [0.5, 0.6) is 17.2 Å². The zero-order valence-corrected chi connectivity index (χ0v) is 14.9. The van der Waals surface area contributed by atoms with Crippen molar-refractivity contribution in [2.75, 3.05) is 26.1 Å². The Labute approximate surface area is 148 Å². The largest absolute Gasteiger partial charge is 0.493 e. The lowest BCUT2D eigenvalue weighted by molar-refractivity contribution is -0.139. The second-order valence-electron chi connectivity index (χ2n) is 5.01. The van der Waals surface area contributed by atoms with Crippen molar-refractivity contribution in [3.05, 3.63) is 42.0 Å². The summed E-state index contributed by atoms with van der Waals surface area (Å²) in [5.41, 5.74) is -1.31. The number of halogens is 3. The Bertz CT molecular complexity index is 872. The fraction of sp³-hybridized carbons (Fsp3) is 0.250. The molecule has 142 valence electrons. The molecule has 0 aliphatic carbocycles. The van der Waals surface area contributed by atoms with E-state index in [1.807, 2.05) is 0 Å². The predicted molar refractivity (Wildman–Crippen MR) is 88.4 cm³/mol. The van der Waals surface area contributed by atoms with E-state index in [0.717, 1.165) is 12.1 Å². The molecule has 0 saturated heterocycles. The van der Waals surface area contributed by atoms with Crippen LogP contribution >= 0.6 is 0 Å². The number of nitrogens with one attached hydrogen (secondary N) is 1. The molecule has 0 bridgehead atoms. The average Bonchev–Trinajstić information content (AvgIpc) is 2.59. The van der Waals surface area contributed by atoms with Gasteiger partial charge in [0.1, 0.15) is 0 Å². The molecule has 26 heavy (non-hydrogen) atoms. The average molecular weight is 391 g/mol. The molecule has 0 saturated carbocycles. The highest BCUT2D eigenvalue weighted by Crippen LogP contribution is 2.41. The molecule has 0 radical (unpaired) electrons. The van der Waals surface area contributed by atoms with Crippen LogP contribution in [0.1, 0.15) is 5.56 Å². The maximum absolute atomic E-state index is 13.1. The predicted octanol–water partition coefficient (Wildman–Crippen LogP) is 3.53. The molecular formula is C16H16F3NO5S. The van der Waals surface area contributed by atoms with Gasteiger partial charge in [0.25, 0.3) is 10.0 Å². The summed E-state index contributed by atoms with van der Waals surface area (Å²) in [5, 5.41) is 0. The van der Waals surface area contributed by atoms with Gasteiger partial charge in [0.05, 0.1) is 37.5 Å². The summed E-state index contributed by atoms with van der Waals surface area (Å²) >= 11 is 0. The normalized spacial score (nSPS) is 11.8. The van der Waals surface area contributed by atoms with Crippen molar-refractivity contribution < 1.29 is 35.8 Å². The zero-order valence-electron chi connectivity index (χ0n) is 14.0. The molecule has 2 aromatic rings. The highest BCUT2D eigenvalue weighted by molar-refractivity contribution is 7.92. The third-order valence-corrected chi connectivity index (χ3v) is 4.84. The quantitative estimate of drug-likeness (QED) is 0.816. The molecule has 0 atom stereocenters. The van der Waals surface area contributed by atoms with Crippen molar-refractivity contribution in [1.29, 1.82) is 0 Å². The minimum Gasteiger partial charge on any atom is -0.493 e. The lowest BCUT2D eigenvalue weighted by atomic mass is 10.2. The molecule has 1 N–H and O–H groups in total. The van der Waals surface area contributed by atoms with E-state index in [1.54, 1.807) is 0 Å². The van der Waals surface area contributed by atoms with Crippen LogP contribution in [0.15, 0.2) is 41.3 Å². The maximum atomic E-state index is 13.1. The molecule has 0 unspecified atom stereocenters. The Balaban J connectivity index is 2.52. The van der Waals surface area contributed by atoms with Crippen LogP contribution in [0.25, 0.3) is 0 Å². The Kier molecular flexibility index (Phi) is 5.55. The van der Waals surface area contributed by atoms with Crippen molar-refractivity contribution in [3.8, 4) is 17.2 Å². The van der Waals surface area contributed by atoms with E-state index in [1.165, 1.54) is 39.5 Å². The maximum Gasteiger partial charge on any atom is 0.417 e. The molecule has 0 aliphatic heterocycles. The molecule has 0 aliphatic rings. The Hall–Kier alpha value is -2.62. The van der Waals surface area contributed by atoms with Gasteiger partial charge in [0.15, 0.2) is 11.5 Å². The van der Waals surface area contributed by atoms with E-state index < -0.39 is 26.7 Å². The minimum absolute atomic E-state index is 0.0449. The summed E-state index contributed by atoms with van der Waals surface area (Å²) in [5.74, 6) is 0.510. The topological polar surface area (TPSA) is 73.9 Å². The van der Waals surface area contributed by atoms with E-state index in [0.29, 0.717) is 6.07 Å². The fourth-order valence-corrected chi connectivity index (χ4v) is 3.55. The molecular weight excluding hydrogens is 375 g/mol. The number of rotatable bonds is 6. The van der Waals surface area contributed by atoms with Gasteiger partial charge in [-0.15, -0.1) is 0 Å². The first-order valence-corrected chi connectivity index (χ1v) is 8.61. The molecule has 0 spiro atoms. The smallest absolute Gasteiger partial charge is 0.417 e. The lowest BCUT2D eigenvalue weighted by Gasteiger charge is -2.17. The molecule has 6 nitrogen and oxygen atoms in total. The lowest BCUT2D eigenvalue weighted by Crippen LogP contribution is -2.19. The second-order valence-corrected chi connectivity index (χ2v) is 6.66. The Morgan fingerprint density at radius 1 is 0.923 bits per heavy atom. The van der Waals surface area contributed by atoms with E-state index >= 15 is 0 Å². The van der Waals surface area contributed by atoms with Crippen molar-refractivity contribution in [1.82, 2.24) is 0 Å². The number of anilines is 1. The number of benzene rings is 2. The Morgan fingerprint density at radius 3 is 1.92 bits per heavy atom. The highest BCUT2D eigenvalue weighted by Gasteiger charge is 2.37. The van der Waals surface area contributed by atoms with Gasteiger partial charge in [-0.2, -0.15) is 13.2 Å². The molecule has 0 fully saturated rings. The minimum atomic E-state index is -4.82. The first-order valence-electron chi connectivity index (χ1n) is 7.13. The van der Waals surface area contributed by atoms with Crippen molar-refractivity contribution in [2.45, 2.75) is 11.1 Å². The van der Waals surface area contributed by atoms with Gasteiger partial charge in [-0.25, -0.2) is 8.42 Å². The highest BCUT2D eigenvalue weighted by atomic mass is 32.2. The van der Waals surface area contributed by atoms with Crippen LogP contribution < -0.4 is 18.9 Å². The second kappa shape index (κ2) is 7.32. The summed E-state index contributed by atoms with van der Waals surface area (Å²) in [4.78, 5) is -0.888. The summed E-state index contributed by atoms with van der Waals surface area (Å²) < 4.78 is 81.7. The standard InChI is InChI=1S/C16H16F3NO5S/c1-23-12-8-10(9-13(24-2)15(12)25-3)20-26(21,22)14-7-5-4-6-11(14)16(17,18)19/h4-9,20H,1-3H3. The van der Waals surface area contributed by atoms with Crippen molar-refractivity contribution in [3.63, 3.8) is 0 Å². The van der Waals surface area contributed by atoms with Gasteiger partial charge in [-0.3, -0.25) is 4.72 Å². The summed E-state index contributed by atoms with van der Waals surface area (Å²) in [6.07, 6.45) is -4.82. The first-order chi connectivity index (χ1) is 12.1. The van der Waals surface area contributed by atoms with Crippen LogP contribution in [0.3, 0.4) is 0 Å². The van der Waals surface area contributed by atoms with Crippen LogP contribution in [0.2, 0.25) is 0 Å². The fourth-order valence-electron chi connectivity index (χ4n) is 2.29. The van der Waals surface area contributed by atoms with Gasteiger partial charge < -0.3 is 14.2 Å². The molecule has 0 amide bonds. The SMILES string of the molecule is COc1cc(NS(=O)(=O)c2ccccc2C(F)(F)F)cc(OC)c1OC. The van der Waals surface area contributed by atoms with E-state index in [-0.39, 0.29) is 22.9 Å². The number of hydrogen-bond donors (Lipinski definition) is 1. The summed E-state index contributed by atoms with van der Waals surface area (Å²) in [6.45, 7) is 0. The van der Waals surface area contributed by atoms with Crippen molar-refractivity contribution >= 4 is 15.7 Å².